The molecule has 0 bridgehead atoms. The monoisotopic (exact) mass is 159 g/mol. The lowest BCUT2D eigenvalue weighted by Gasteiger charge is -1.80. The molecule has 0 saturated heterocycles. The van der Waals surface area contributed by atoms with Crippen LogP contribution in [-0.2, 0) is 6.54 Å². The minimum absolute atomic E-state index is 0.102. The molecule has 0 aliphatic heterocycles. The van der Waals surface area contributed by atoms with E-state index in [-0.39, 0.29) is 19.0 Å². The summed E-state index contributed by atoms with van der Waals surface area (Å²) in [7, 11) is 0. The zero-order valence-electron chi connectivity index (χ0n) is 5.64. The number of aromatic nitrogens is 1. The molecule has 11 heavy (non-hydrogen) atoms. The highest BCUT2D eigenvalue weighted by atomic mass is 16.7. The SMILES string of the molecule is O=[N+]([O-])c1cc[n+](CCO)o1. The maximum absolute atomic E-state index is 10.1. The quantitative estimate of drug-likeness (QED) is 0.365. The first kappa shape index (κ1) is 7.67. The van der Waals surface area contributed by atoms with Gasteiger partial charge in [0.2, 0.25) is 12.7 Å². The highest BCUT2D eigenvalue weighted by Crippen LogP contribution is 2.04. The van der Waals surface area contributed by atoms with Crippen LogP contribution in [0.15, 0.2) is 16.8 Å². The Balaban J connectivity index is 2.73. The van der Waals surface area contributed by atoms with Crippen molar-refractivity contribution in [2.45, 2.75) is 6.54 Å². The van der Waals surface area contributed by atoms with Gasteiger partial charge in [0.25, 0.3) is 0 Å². The maximum Gasteiger partial charge on any atom is 0.496 e. The second-order valence-electron chi connectivity index (χ2n) is 1.87. The van der Waals surface area contributed by atoms with Crippen LogP contribution in [-0.4, -0.2) is 16.6 Å². The lowest BCUT2D eigenvalue weighted by Crippen LogP contribution is -2.32. The first-order valence-corrected chi connectivity index (χ1v) is 2.99. The molecule has 1 aromatic rings. The van der Waals surface area contributed by atoms with Crippen LogP contribution >= 0.6 is 0 Å². The molecule has 1 N–H and O–H groups in total. The van der Waals surface area contributed by atoms with Crippen molar-refractivity contribution < 1.29 is 19.3 Å². The van der Waals surface area contributed by atoms with Crippen LogP contribution in [0.5, 0.6) is 0 Å². The van der Waals surface area contributed by atoms with E-state index in [1.807, 2.05) is 0 Å². The third kappa shape index (κ3) is 1.74. The predicted octanol–water partition coefficient (Wildman–Crippen LogP) is -0.532. The second kappa shape index (κ2) is 3.11. The first-order valence-electron chi connectivity index (χ1n) is 2.99. The third-order valence-corrected chi connectivity index (χ3v) is 1.09. The zero-order valence-corrected chi connectivity index (χ0v) is 5.64. The van der Waals surface area contributed by atoms with Crippen molar-refractivity contribution in [3.05, 3.63) is 22.4 Å². The van der Waals surface area contributed by atoms with Crippen LogP contribution < -0.4 is 4.74 Å². The molecule has 0 aliphatic rings. The number of nitrogens with zero attached hydrogens (tertiary/aromatic N) is 2. The normalized spacial score (nSPS) is 9.91. The molecule has 60 valence electrons. The van der Waals surface area contributed by atoms with E-state index in [2.05, 4.69) is 4.52 Å². The first-order chi connectivity index (χ1) is 5.24. The molecule has 0 spiro atoms. The van der Waals surface area contributed by atoms with Crippen LogP contribution in [0.25, 0.3) is 0 Å². The lowest BCUT2D eigenvalue weighted by molar-refractivity contribution is -0.867. The van der Waals surface area contributed by atoms with Gasteiger partial charge in [0, 0.05) is 0 Å². The molecule has 0 radical (unpaired) electrons. The molecule has 6 nitrogen and oxygen atoms in total. The van der Waals surface area contributed by atoms with Gasteiger partial charge in [0.1, 0.15) is 17.6 Å². The zero-order chi connectivity index (χ0) is 8.27. The summed E-state index contributed by atoms with van der Waals surface area (Å²) in [5, 5.41) is 18.5. The van der Waals surface area contributed by atoms with E-state index in [0.717, 1.165) is 0 Å². The fourth-order valence-corrected chi connectivity index (χ4v) is 0.641. The van der Waals surface area contributed by atoms with Gasteiger partial charge in [-0.15, -0.1) is 0 Å². The van der Waals surface area contributed by atoms with E-state index in [1.54, 1.807) is 0 Å². The van der Waals surface area contributed by atoms with Crippen molar-refractivity contribution in [3.63, 3.8) is 0 Å². The molecule has 0 unspecified atom stereocenters. The molecule has 1 aromatic heterocycles. The van der Waals surface area contributed by atoms with Gasteiger partial charge in [0.15, 0.2) is 0 Å². The van der Waals surface area contributed by atoms with Crippen LogP contribution in [0, 0.1) is 10.1 Å². The van der Waals surface area contributed by atoms with Gasteiger partial charge in [-0.2, -0.15) is 4.52 Å². The third-order valence-electron chi connectivity index (χ3n) is 1.09. The molecule has 0 aromatic carbocycles. The highest BCUT2D eigenvalue weighted by Gasteiger charge is 2.17. The number of aliphatic hydroxyl groups is 1. The van der Waals surface area contributed by atoms with Gasteiger partial charge < -0.3 is 5.11 Å². The number of nitro groups is 1. The van der Waals surface area contributed by atoms with Gasteiger partial charge in [-0.3, -0.25) is 10.1 Å². The summed E-state index contributed by atoms with van der Waals surface area (Å²) >= 11 is 0. The molecular weight excluding hydrogens is 152 g/mol. The second-order valence-corrected chi connectivity index (χ2v) is 1.87. The minimum Gasteiger partial charge on any atom is -0.390 e. The Morgan fingerprint density at radius 2 is 2.55 bits per heavy atom. The summed E-state index contributed by atoms with van der Waals surface area (Å²) in [6, 6.07) is 1.23. The average molecular weight is 159 g/mol. The summed E-state index contributed by atoms with van der Waals surface area (Å²) in [6.07, 6.45) is 1.40. The predicted molar refractivity (Wildman–Crippen MR) is 32.6 cm³/mol. The van der Waals surface area contributed by atoms with Crippen molar-refractivity contribution >= 4 is 5.88 Å². The summed E-state index contributed by atoms with van der Waals surface area (Å²) in [4.78, 5) is 9.42. The number of rotatable bonds is 3. The summed E-state index contributed by atoms with van der Waals surface area (Å²) < 4.78 is 5.84. The number of hydrogen-bond acceptors (Lipinski definition) is 4. The summed E-state index contributed by atoms with van der Waals surface area (Å²) in [5.41, 5.74) is 0. The standard InChI is InChI=1S/C5H7N2O4/c8-4-3-6-2-1-5(11-6)7(9)10/h1-2,8H,3-4H2/q+1. The number of aliphatic hydroxyl groups excluding tert-OH is 1. The topological polar surface area (TPSA) is 80.4 Å². The minimum atomic E-state index is -0.631. The Bertz CT molecular complexity index is 257. The molecule has 0 fully saturated rings. The Morgan fingerprint density at radius 1 is 1.82 bits per heavy atom. The lowest BCUT2D eigenvalue weighted by atomic mass is 10.6. The van der Waals surface area contributed by atoms with E-state index in [0.29, 0.717) is 0 Å². The van der Waals surface area contributed by atoms with E-state index in [9.17, 15) is 10.1 Å². The van der Waals surface area contributed by atoms with Crippen molar-refractivity contribution in [3.8, 4) is 0 Å². The summed E-state index contributed by atoms with van der Waals surface area (Å²) in [6.45, 7) is 0.128. The van der Waals surface area contributed by atoms with E-state index < -0.39 is 4.92 Å². The highest BCUT2D eigenvalue weighted by molar-refractivity contribution is 5.05. The van der Waals surface area contributed by atoms with Crippen LogP contribution in [0.1, 0.15) is 0 Å². The van der Waals surface area contributed by atoms with Crippen molar-refractivity contribution in [2.75, 3.05) is 6.61 Å². The van der Waals surface area contributed by atoms with E-state index >= 15 is 0 Å². The van der Waals surface area contributed by atoms with Gasteiger partial charge in [-0.1, -0.05) is 0 Å². The van der Waals surface area contributed by atoms with Gasteiger partial charge in [-0.25, -0.2) is 0 Å². The maximum atomic E-state index is 10.1. The molecular formula is C5H7N2O4+. The molecule has 1 heterocycles. The molecule has 0 amide bonds. The van der Waals surface area contributed by atoms with E-state index in [1.165, 1.54) is 17.0 Å². The van der Waals surface area contributed by atoms with Gasteiger partial charge in [0.05, 0.1) is 0 Å². The van der Waals surface area contributed by atoms with Crippen molar-refractivity contribution in [1.29, 1.82) is 0 Å². The Kier molecular flexibility index (Phi) is 2.17. The van der Waals surface area contributed by atoms with Crippen LogP contribution in [0.2, 0.25) is 0 Å². The Hall–Kier alpha value is -1.43. The van der Waals surface area contributed by atoms with Gasteiger partial charge >= 0.3 is 5.88 Å². The van der Waals surface area contributed by atoms with Crippen molar-refractivity contribution in [2.24, 2.45) is 0 Å². The molecule has 0 atom stereocenters. The Labute approximate surface area is 61.8 Å². The van der Waals surface area contributed by atoms with Crippen LogP contribution in [0.3, 0.4) is 0 Å². The Morgan fingerprint density at radius 3 is 3.00 bits per heavy atom. The van der Waals surface area contributed by atoms with E-state index in [4.69, 9.17) is 5.11 Å². The molecule has 0 aliphatic carbocycles. The number of hydrogen-bond donors (Lipinski definition) is 1. The molecule has 1 rings (SSSR count). The van der Waals surface area contributed by atoms with Crippen molar-refractivity contribution in [1.82, 2.24) is 0 Å². The van der Waals surface area contributed by atoms with Crippen LogP contribution in [0.4, 0.5) is 5.88 Å². The fourth-order valence-electron chi connectivity index (χ4n) is 0.641. The summed E-state index contributed by atoms with van der Waals surface area (Å²) in [5.74, 6) is -0.321. The largest absolute Gasteiger partial charge is 0.496 e. The molecule has 0 saturated carbocycles. The molecule has 6 heteroatoms. The smallest absolute Gasteiger partial charge is 0.390 e. The average Bonchev–Trinajstić information content (AvgIpc) is 2.37. The fraction of sp³-hybridized carbons (Fsp3) is 0.400. The van der Waals surface area contributed by atoms with Gasteiger partial charge in [-0.05, 0) is 4.74 Å².